The number of rotatable bonds is 23. The van der Waals surface area contributed by atoms with Gasteiger partial charge >= 0.3 is 13.9 Å². The molecular weight excluding hydrogens is 578 g/mol. The molecule has 0 spiro atoms. The molecule has 0 rings (SSSR count). The molecule has 222 valence electrons. The van der Waals surface area contributed by atoms with Crippen LogP contribution in [0.1, 0.15) is 84.0 Å². The summed E-state index contributed by atoms with van der Waals surface area (Å²) in [6, 6.07) is 0. The molecule has 0 radical (unpaired) electrons. The van der Waals surface area contributed by atoms with Crippen LogP contribution >= 0.6 is 42.6 Å². The van der Waals surface area contributed by atoms with Crippen molar-refractivity contribution in [3.63, 3.8) is 0 Å². The number of hydrogen-bond donors (Lipinski definition) is 3. The van der Waals surface area contributed by atoms with Gasteiger partial charge in [0.2, 0.25) is 9.70 Å². The van der Waals surface area contributed by atoms with Crippen LogP contribution in [0.5, 0.6) is 0 Å². The Hall–Kier alpha value is -0.800. The third kappa shape index (κ3) is 28.2. The molecule has 0 aliphatic carbocycles. The number of allylic oxidation sites excluding steroid dienone is 4. The Bertz CT molecular complexity index is 734. The minimum Gasteiger partial charge on any atom is -0.445 e. The molecule has 3 N–H and O–H groups in total. The van der Waals surface area contributed by atoms with Crippen LogP contribution in [0.3, 0.4) is 0 Å². The molecule has 2 amide bonds. The molecular formula is C25H44Cl3N2O7P. The number of phosphoric acid groups is 1. The molecule has 0 saturated carbocycles. The number of carbonyl (C=O) groups is 2. The minimum atomic E-state index is -4.32. The number of ether oxygens (including phenoxy) is 1. The summed E-state index contributed by atoms with van der Waals surface area (Å²) in [4.78, 5) is 32.8. The van der Waals surface area contributed by atoms with Gasteiger partial charge in [0.15, 0.2) is 0 Å². The molecule has 0 aromatic rings. The van der Waals surface area contributed by atoms with Crippen LogP contribution in [0.2, 0.25) is 0 Å². The van der Waals surface area contributed by atoms with Gasteiger partial charge in [-0.2, -0.15) is 0 Å². The predicted octanol–water partition coefficient (Wildman–Crippen LogP) is 7.15. The fourth-order valence-electron chi connectivity index (χ4n) is 3.09. The van der Waals surface area contributed by atoms with E-state index < -0.39 is 24.3 Å². The summed E-state index contributed by atoms with van der Waals surface area (Å²) >= 11 is 16.3. The molecule has 0 saturated heterocycles. The number of phosphoric ester groups is 1. The zero-order valence-corrected chi connectivity index (χ0v) is 25.5. The van der Waals surface area contributed by atoms with E-state index >= 15 is 0 Å². The quantitative estimate of drug-likeness (QED) is 0.0479. The van der Waals surface area contributed by atoms with Gasteiger partial charge in [-0.25, -0.2) is 9.36 Å². The summed E-state index contributed by atoms with van der Waals surface area (Å²) in [5.74, 6) is -0.134. The number of amides is 2. The maximum absolute atomic E-state index is 11.9. The van der Waals surface area contributed by atoms with Crippen molar-refractivity contribution < 1.29 is 32.8 Å². The Balaban J connectivity index is 3.60. The molecule has 0 fully saturated rings. The van der Waals surface area contributed by atoms with E-state index in [-0.39, 0.29) is 32.2 Å². The molecule has 0 aromatic heterocycles. The Kier molecular flexibility index (Phi) is 23.5. The van der Waals surface area contributed by atoms with Crippen LogP contribution in [0.4, 0.5) is 4.79 Å². The third-order valence-corrected chi connectivity index (χ3v) is 6.37. The second-order valence-electron chi connectivity index (χ2n) is 8.58. The summed E-state index contributed by atoms with van der Waals surface area (Å²) in [6.07, 6.45) is 20.8. The van der Waals surface area contributed by atoms with Crippen molar-refractivity contribution in [2.75, 3.05) is 32.9 Å². The Morgan fingerprint density at radius 1 is 0.842 bits per heavy atom. The highest BCUT2D eigenvalue weighted by Crippen LogP contribution is 2.42. The zero-order chi connectivity index (χ0) is 28.5. The molecule has 0 aliphatic rings. The maximum Gasteiger partial charge on any atom is 0.472 e. The average Bonchev–Trinajstić information content (AvgIpc) is 2.85. The van der Waals surface area contributed by atoms with Gasteiger partial charge in [0.1, 0.15) is 6.61 Å². The second kappa shape index (κ2) is 24.0. The fraction of sp³-hybridized carbons (Fsp3) is 0.760. The monoisotopic (exact) mass is 620 g/mol. The number of hydrogen-bond acceptors (Lipinski definition) is 6. The first-order chi connectivity index (χ1) is 18.1. The Labute approximate surface area is 242 Å². The van der Waals surface area contributed by atoms with Crippen LogP contribution in [0, 0.1) is 0 Å². The maximum atomic E-state index is 11.9. The highest BCUT2D eigenvalue weighted by atomic mass is 35.6. The fourth-order valence-corrected chi connectivity index (χ4v) is 3.97. The molecule has 0 aliphatic heterocycles. The molecule has 9 nitrogen and oxygen atoms in total. The summed E-state index contributed by atoms with van der Waals surface area (Å²) in [7, 11) is -4.32. The second-order valence-corrected chi connectivity index (χ2v) is 12.6. The first-order valence-electron chi connectivity index (χ1n) is 13.2. The van der Waals surface area contributed by atoms with E-state index in [1.165, 1.54) is 25.7 Å². The van der Waals surface area contributed by atoms with Crippen molar-refractivity contribution in [2.24, 2.45) is 0 Å². The van der Waals surface area contributed by atoms with E-state index in [4.69, 9.17) is 43.9 Å². The Morgan fingerprint density at radius 3 is 2.00 bits per heavy atom. The first-order valence-corrected chi connectivity index (χ1v) is 15.8. The first kappa shape index (κ1) is 37.2. The van der Waals surface area contributed by atoms with Crippen LogP contribution in [-0.2, 0) is 23.1 Å². The largest absolute Gasteiger partial charge is 0.472 e. The van der Waals surface area contributed by atoms with Crippen LogP contribution in [0.15, 0.2) is 24.3 Å². The molecule has 0 heterocycles. The van der Waals surface area contributed by atoms with Gasteiger partial charge in [-0.3, -0.25) is 13.8 Å². The molecule has 13 heteroatoms. The van der Waals surface area contributed by atoms with Crippen molar-refractivity contribution in [2.45, 2.75) is 87.8 Å². The van der Waals surface area contributed by atoms with E-state index in [9.17, 15) is 19.0 Å². The van der Waals surface area contributed by atoms with Crippen molar-refractivity contribution in [3.05, 3.63) is 24.3 Å². The highest BCUT2D eigenvalue weighted by molar-refractivity contribution is 7.47. The van der Waals surface area contributed by atoms with Crippen molar-refractivity contribution in [1.82, 2.24) is 10.6 Å². The van der Waals surface area contributed by atoms with Crippen molar-refractivity contribution >= 4 is 54.6 Å². The molecule has 0 bridgehead atoms. The lowest BCUT2D eigenvalue weighted by Crippen LogP contribution is -2.30. The predicted molar refractivity (Wildman–Crippen MR) is 154 cm³/mol. The Morgan fingerprint density at radius 2 is 1.39 bits per heavy atom. The summed E-state index contributed by atoms with van der Waals surface area (Å²) in [6.45, 7) is 1.21. The third-order valence-electron chi connectivity index (χ3n) is 5.03. The van der Waals surface area contributed by atoms with Crippen LogP contribution in [0.25, 0.3) is 0 Å². The standard InChI is InChI=1S/C25H44Cl3N2O7P/c1-2-3-4-5-6-7-8-9-10-11-12-13-14-15-16-17-23(31)29-18-20-36-38(33,34)37-21-19-30-24(32)35-22-25(26,27)28/h6-7,9-10H,2-5,8,11-22H2,1H3,(H,29,31)(H,30,32)(H,33,34). The normalized spacial score (nSPS) is 13.6. The van der Waals surface area contributed by atoms with E-state index in [1.807, 2.05) is 0 Å². The summed E-state index contributed by atoms with van der Waals surface area (Å²) in [5, 5.41) is 4.89. The molecule has 0 aromatic carbocycles. The van der Waals surface area contributed by atoms with Crippen LogP contribution < -0.4 is 10.6 Å². The van der Waals surface area contributed by atoms with Gasteiger partial charge in [0.25, 0.3) is 0 Å². The van der Waals surface area contributed by atoms with Gasteiger partial charge in [-0.15, -0.1) is 0 Å². The lowest BCUT2D eigenvalue weighted by molar-refractivity contribution is -0.121. The lowest BCUT2D eigenvalue weighted by Gasteiger charge is -2.14. The van der Waals surface area contributed by atoms with Gasteiger partial charge < -0.3 is 20.3 Å². The smallest absolute Gasteiger partial charge is 0.445 e. The summed E-state index contributed by atoms with van der Waals surface area (Å²) in [5.41, 5.74) is 0. The van der Waals surface area contributed by atoms with E-state index in [0.717, 1.165) is 44.9 Å². The number of carbonyl (C=O) groups excluding carboxylic acids is 2. The van der Waals surface area contributed by atoms with Crippen LogP contribution in [-0.4, -0.2) is 53.6 Å². The zero-order valence-electron chi connectivity index (χ0n) is 22.3. The van der Waals surface area contributed by atoms with Gasteiger partial charge in [0, 0.05) is 19.5 Å². The van der Waals surface area contributed by atoms with Gasteiger partial charge in [-0.05, 0) is 38.5 Å². The summed E-state index contributed by atoms with van der Waals surface area (Å²) < 4.78 is 24.2. The van der Waals surface area contributed by atoms with E-state index in [2.05, 4.69) is 46.6 Å². The van der Waals surface area contributed by atoms with Gasteiger partial charge in [-0.1, -0.05) is 98.1 Å². The van der Waals surface area contributed by atoms with Crippen molar-refractivity contribution in [3.8, 4) is 0 Å². The SMILES string of the molecule is CCCCCC=CCC=CCCCCCCCC(=O)NCCOP(=O)(O)OCCNC(=O)OCC(Cl)(Cl)Cl. The molecule has 1 atom stereocenters. The highest BCUT2D eigenvalue weighted by Gasteiger charge is 2.23. The molecule has 1 unspecified atom stereocenters. The molecule has 38 heavy (non-hydrogen) atoms. The lowest BCUT2D eigenvalue weighted by atomic mass is 10.1. The number of alkyl halides is 3. The number of alkyl carbamates (subject to hydrolysis) is 1. The average molecular weight is 622 g/mol. The van der Waals surface area contributed by atoms with E-state index in [1.54, 1.807) is 0 Å². The number of unbranched alkanes of at least 4 members (excludes halogenated alkanes) is 8. The minimum absolute atomic E-state index is 0.0780. The van der Waals surface area contributed by atoms with Gasteiger partial charge in [0.05, 0.1) is 13.2 Å². The van der Waals surface area contributed by atoms with Crippen molar-refractivity contribution in [1.29, 1.82) is 0 Å². The topological polar surface area (TPSA) is 123 Å². The number of nitrogens with one attached hydrogen (secondary N) is 2. The number of halogens is 3. The van der Waals surface area contributed by atoms with E-state index in [0.29, 0.717) is 6.42 Å².